The van der Waals surface area contributed by atoms with E-state index < -0.39 is 0 Å². The van der Waals surface area contributed by atoms with Gasteiger partial charge in [-0.3, -0.25) is 0 Å². The smallest absolute Gasteiger partial charge is 0.163 e. The zero-order chi connectivity index (χ0) is 39.8. The van der Waals surface area contributed by atoms with Gasteiger partial charge in [0.25, 0.3) is 0 Å². The van der Waals surface area contributed by atoms with E-state index in [1.54, 1.807) is 0 Å². The van der Waals surface area contributed by atoms with Crippen LogP contribution in [0.2, 0.25) is 0 Å². The topological polar surface area (TPSA) is 61.7 Å². The Kier molecular flexibility index (Phi) is 6.91. The average Bonchev–Trinajstić information content (AvgIpc) is 3.97. The van der Waals surface area contributed by atoms with Crippen LogP contribution >= 0.6 is 0 Å². The third kappa shape index (κ3) is 4.82. The van der Waals surface area contributed by atoms with Crippen LogP contribution in [0.25, 0.3) is 99.7 Å². The second-order valence-electron chi connectivity index (χ2n) is 18.2. The number of benzene rings is 7. The highest BCUT2D eigenvalue weighted by atomic mass is 16.3. The van der Waals surface area contributed by atoms with E-state index in [-0.39, 0.29) is 5.41 Å². The first-order valence-corrected chi connectivity index (χ1v) is 22.0. The Labute approximate surface area is 352 Å². The molecule has 292 valence electrons. The van der Waals surface area contributed by atoms with Gasteiger partial charge in [-0.15, -0.1) is 0 Å². The lowest BCUT2D eigenvalue weighted by atomic mass is 9.49. The third-order valence-corrected chi connectivity index (χ3v) is 14.6. The Balaban J connectivity index is 1.07. The summed E-state index contributed by atoms with van der Waals surface area (Å²) >= 11 is 0. The van der Waals surface area contributed by atoms with Gasteiger partial charge in [-0.05, 0) is 98.7 Å². The lowest BCUT2D eigenvalue weighted by molar-refractivity contribution is -0.00938. The van der Waals surface area contributed by atoms with Crippen molar-refractivity contribution in [2.45, 2.75) is 43.9 Å². The SMILES string of the molecule is c1ccc(-c2nc(-c3cccc(-n4c5ccccc5c5c6oc7ccccc7c6c6c(c7ccccc7n6-c6ccccc6)c54)c3)nc(C34CC5CC(CC(C5)C3)C4)n2)cc1. The van der Waals surface area contributed by atoms with E-state index in [9.17, 15) is 0 Å². The molecule has 0 atom stereocenters. The normalized spacial score (nSPS) is 21.0. The summed E-state index contributed by atoms with van der Waals surface area (Å²) in [7, 11) is 0. The van der Waals surface area contributed by atoms with Gasteiger partial charge in [0.1, 0.15) is 17.0 Å². The third-order valence-electron chi connectivity index (χ3n) is 14.6. The van der Waals surface area contributed by atoms with Crippen molar-refractivity contribution in [2.75, 3.05) is 0 Å². The van der Waals surface area contributed by atoms with Gasteiger partial charge in [-0.1, -0.05) is 115 Å². The predicted molar refractivity (Wildman–Crippen MR) is 247 cm³/mol. The van der Waals surface area contributed by atoms with Gasteiger partial charge in [0.05, 0.1) is 32.8 Å². The van der Waals surface area contributed by atoms with E-state index in [1.807, 2.05) is 0 Å². The van der Waals surface area contributed by atoms with Crippen molar-refractivity contribution >= 4 is 65.6 Å². The monoisotopic (exact) mass is 787 g/mol. The summed E-state index contributed by atoms with van der Waals surface area (Å²) < 4.78 is 11.9. The zero-order valence-corrected chi connectivity index (χ0v) is 33.6. The molecule has 0 amide bonds. The minimum Gasteiger partial charge on any atom is -0.455 e. The van der Waals surface area contributed by atoms with Crippen molar-refractivity contribution in [1.82, 2.24) is 24.1 Å². The fraction of sp³-hybridized carbons (Fsp3) is 0.182. The van der Waals surface area contributed by atoms with E-state index in [1.165, 1.54) is 49.3 Å². The van der Waals surface area contributed by atoms with Crippen molar-refractivity contribution in [3.05, 3.63) is 164 Å². The van der Waals surface area contributed by atoms with Crippen molar-refractivity contribution in [3.8, 4) is 34.2 Å². The summed E-state index contributed by atoms with van der Waals surface area (Å²) in [6, 6.07) is 56.3. The van der Waals surface area contributed by atoms with Gasteiger partial charge in [-0.25, -0.2) is 15.0 Å². The molecule has 7 aromatic carbocycles. The van der Waals surface area contributed by atoms with Gasteiger partial charge in [-0.2, -0.15) is 0 Å². The van der Waals surface area contributed by atoms with Gasteiger partial charge in [0.15, 0.2) is 11.6 Å². The highest BCUT2D eigenvalue weighted by Crippen LogP contribution is 2.60. The average molecular weight is 788 g/mol. The minimum absolute atomic E-state index is 0.0247. The Morgan fingerprint density at radius 1 is 0.459 bits per heavy atom. The molecule has 4 aliphatic carbocycles. The standard InChI is InChI=1S/C55H41N5O/c1-3-14-36(15-4-1)52-56-53(58-54(57-52)55-30-33-26-34(31-55)28-35(27-33)32-55)37-16-13-19-39(29-37)60-44-24-11-8-21-41(44)47-49(60)46-40-20-7-10-23-43(40)59(38-17-5-2-6-18-38)50(46)48-42-22-9-12-25-45(42)61-51(47)48/h1-25,29,33-35H,26-28,30-32H2. The number of para-hydroxylation sites is 4. The maximum absolute atomic E-state index is 7.03. The van der Waals surface area contributed by atoms with Crippen LogP contribution in [0.1, 0.15) is 44.3 Å². The van der Waals surface area contributed by atoms with Crippen molar-refractivity contribution < 1.29 is 4.42 Å². The molecule has 6 nitrogen and oxygen atoms in total. The molecule has 4 aliphatic rings. The molecule has 0 radical (unpaired) electrons. The summed E-state index contributed by atoms with van der Waals surface area (Å²) in [5.41, 5.74) is 10.5. The van der Waals surface area contributed by atoms with E-state index >= 15 is 0 Å². The number of aromatic nitrogens is 5. The highest BCUT2D eigenvalue weighted by Gasteiger charge is 2.53. The van der Waals surface area contributed by atoms with E-state index in [2.05, 4.69) is 167 Å². The molecule has 0 saturated heterocycles. The van der Waals surface area contributed by atoms with Crippen molar-refractivity contribution in [1.29, 1.82) is 0 Å². The highest BCUT2D eigenvalue weighted by molar-refractivity contribution is 6.39. The Hall–Kier alpha value is -7.05. The zero-order valence-electron chi connectivity index (χ0n) is 33.6. The number of fused-ring (bicyclic) bond motifs is 12. The van der Waals surface area contributed by atoms with E-state index in [4.69, 9.17) is 19.4 Å². The number of nitrogens with zero attached hydrogens (tertiary/aromatic N) is 5. The fourth-order valence-corrected chi connectivity index (χ4v) is 12.6. The number of furan rings is 1. The van der Waals surface area contributed by atoms with Crippen molar-refractivity contribution in [3.63, 3.8) is 0 Å². The molecule has 11 aromatic rings. The lowest BCUT2D eigenvalue weighted by Crippen LogP contribution is -2.49. The maximum Gasteiger partial charge on any atom is 0.163 e. The molecule has 0 N–H and O–H groups in total. The Bertz CT molecular complexity index is 3540. The second kappa shape index (κ2) is 12.5. The quantitative estimate of drug-likeness (QED) is 0.174. The van der Waals surface area contributed by atoms with Crippen LogP contribution in [0.5, 0.6) is 0 Å². The molecule has 0 spiro atoms. The first-order valence-electron chi connectivity index (χ1n) is 22.0. The summed E-state index contributed by atoms with van der Waals surface area (Å²) in [6.45, 7) is 0. The summed E-state index contributed by atoms with van der Waals surface area (Å²) in [5.74, 6) is 4.86. The molecule has 61 heavy (non-hydrogen) atoms. The Morgan fingerprint density at radius 2 is 0.967 bits per heavy atom. The first-order chi connectivity index (χ1) is 30.2. The molecule has 4 bridgehead atoms. The van der Waals surface area contributed by atoms with E-state index in [0.717, 1.165) is 113 Å². The van der Waals surface area contributed by atoms with Crippen LogP contribution < -0.4 is 0 Å². The number of hydrogen-bond acceptors (Lipinski definition) is 4. The molecule has 4 saturated carbocycles. The molecular formula is C55H41N5O. The van der Waals surface area contributed by atoms with Gasteiger partial charge in [0, 0.05) is 49.5 Å². The van der Waals surface area contributed by atoms with Crippen LogP contribution in [-0.4, -0.2) is 24.1 Å². The van der Waals surface area contributed by atoms with Crippen LogP contribution in [0.3, 0.4) is 0 Å². The van der Waals surface area contributed by atoms with Gasteiger partial charge >= 0.3 is 0 Å². The van der Waals surface area contributed by atoms with Gasteiger partial charge in [0.2, 0.25) is 0 Å². The van der Waals surface area contributed by atoms with Crippen LogP contribution in [0.4, 0.5) is 0 Å². The fourth-order valence-electron chi connectivity index (χ4n) is 12.6. The van der Waals surface area contributed by atoms with Crippen LogP contribution in [0.15, 0.2) is 162 Å². The molecule has 4 heterocycles. The van der Waals surface area contributed by atoms with Gasteiger partial charge < -0.3 is 13.6 Å². The summed E-state index contributed by atoms with van der Waals surface area (Å²) in [6.07, 6.45) is 7.71. The number of hydrogen-bond donors (Lipinski definition) is 0. The molecular weight excluding hydrogens is 747 g/mol. The minimum atomic E-state index is 0.0247. The predicted octanol–water partition coefficient (Wildman–Crippen LogP) is 13.8. The first kappa shape index (κ1) is 33.7. The van der Waals surface area contributed by atoms with Crippen LogP contribution in [0, 0.1) is 17.8 Å². The largest absolute Gasteiger partial charge is 0.455 e. The lowest BCUT2D eigenvalue weighted by Gasteiger charge is -2.56. The van der Waals surface area contributed by atoms with Crippen LogP contribution in [-0.2, 0) is 5.41 Å². The molecule has 0 unspecified atom stereocenters. The maximum atomic E-state index is 7.03. The molecule has 6 heteroatoms. The van der Waals surface area contributed by atoms with E-state index in [0.29, 0.717) is 0 Å². The molecule has 4 aromatic heterocycles. The summed E-state index contributed by atoms with van der Waals surface area (Å²) in [5, 5.41) is 6.91. The number of rotatable bonds is 5. The summed E-state index contributed by atoms with van der Waals surface area (Å²) in [4.78, 5) is 16.2. The molecule has 4 fully saturated rings. The second-order valence-corrected chi connectivity index (χ2v) is 18.2. The molecule has 0 aliphatic heterocycles. The molecule has 15 rings (SSSR count). The van der Waals surface area contributed by atoms with Crippen molar-refractivity contribution in [2.24, 2.45) is 17.8 Å². The Morgan fingerprint density at radius 3 is 1.66 bits per heavy atom.